The summed E-state index contributed by atoms with van der Waals surface area (Å²) in [7, 11) is 3.96. The maximum absolute atomic E-state index is 3.97. The Morgan fingerprint density at radius 1 is 1.50 bits per heavy atom. The topological polar surface area (TPSA) is 18.8 Å². The molecule has 0 unspecified atom stereocenters. The smallest absolute Gasteiger partial charge is 0.110 e. The van der Waals surface area contributed by atoms with E-state index in [2.05, 4.69) is 4.99 Å². The maximum atomic E-state index is 3.97. The van der Waals surface area contributed by atoms with E-state index in [0.717, 1.165) is 6.67 Å². The number of hydrazine groups is 1. The summed E-state index contributed by atoms with van der Waals surface area (Å²) in [4.78, 5) is 3.97. The van der Waals surface area contributed by atoms with Gasteiger partial charge in [-0.05, 0) is 0 Å². The van der Waals surface area contributed by atoms with Crippen molar-refractivity contribution in [2.75, 3.05) is 20.8 Å². The van der Waals surface area contributed by atoms with Gasteiger partial charge in [0.15, 0.2) is 0 Å². The van der Waals surface area contributed by atoms with Gasteiger partial charge in [-0.25, -0.2) is 5.01 Å². The molecule has 1 rings (SSSR count). The molecular weight excluding hydrogens is 126 g/mol. The zero-order valence-electron chi connectivity index (χ0n) is 5.03. The summed E-state index contributed by atoms with van der Waals surface area (Å²) in [6, 6.07) is 0. The Labute approximate surface area is 55.4 Å². The molecule has 0 atom stereocenters. The number of halogens is 1. The third kappa shape index (κ3) is 1.35. The Kier molecular flexibility index (Phi) is 2.79. The van der Waals surface area contributed by atoms with Crippen LogP contribution in [0.3, 0.4) is 0 Å². The normalized spacial score (nSPS) is 19.0. The minimum Gasteiger partial charge on any atom is -0.298 e. The van der Waals surface area contributed by atoms with E-state index >= 15 is 0 Å². The van der Waals surface area contributed by atoms with Gasteiger partial charge in [0.25, 0.3) is 0 Å². The van der Waals surface area contributed by atoms with Gasteiger partial charge >= 0.3 is 0 Å². The van der Waals surface area contributed by atoms with Gasteiger partial charge in [-0.15, -0.1) is 12.4 Å². The fraction of sp³-hybridized carbons (Fsp3) is 0.750. The number of rotatable bonds is 0. The fourth-order valence-corrected chi connectivity index (χ4v) is 0.461. The van der Waals surface area contributed by atoms with Crippen molar-refractivity contribution in [3.8, 4) is 0 Å². The van der Waals surface area contributed by atoms with Crippen LogP contribution in [0.4, 0.5) is 0 Å². The number of nitrogens with zero attached hydrogens (tertiary/aromatic N) is 3. The number of aliphatic imine (C=N–C) groups is 1. The molecule has 0 radical (unpaired) electrons. The molecule has 0 amide bonds. The molecule has 0 aromatic rings. The third-order valence-corrected chi connectivity index (χ3v) is 1.07. The number of hydrogen-bond acceptors (Lipinski definition) is 3. The second kappa shape index (κ2) is 2.89. The van der Waals surface area contributed by atoms with E-state index < -0.39 is 0 Å². The molecule has 0 spiro atoms. The van der Waals surface area contributed by atoms with Gasteiger partial charge in [-0.3, -0.25) is 10.0 Å². The Balaban J connectivity index is 0.000000490. The summed E-state index contributed by atoms with van der Waals surface area (Å²) >= 11 is 0. The Morgan fingerprint density at radius 2 is 2.12 bits per heavy atom. The molecule has 0 N–H and O–H groups in total. The average Bonchev–Trinajstić information content (AvgIpc) is 1.91. The Hall–Kier alpha value is -0.280. The molecule has 0 aliphatic carbocycles. The molecule has 0 bridgehead atoms. The Morgan fingerprint density at radius 3 is 2.25 bits per heavy atom. The van der Waals surface area contributed by atoms with Crippen LogP contribution >= 0.6 is 12.4 Å². The van der Waals surface area contributed by atoms with E-state index in [4.69, 9.17) is 0 Å². The highest BCUT2D eigenvalue weighted by Crippen LogP contribution is 1.92. The van der Waals surface area contributed by atoms with E-state index in [1.165, 1.54) is 0 Å². The summed E-state index contributed by atoms with van der Waals surface area (Å²) in [5.41, 5.74) is 0. The summed E-state index contributed by atoms with van der Waals surface area (Å²) in [5, 5.41) is 3.96. The predicted octanol–water partition coefficient (Wildman–Crippen LogP) is 0.186. The van der Waals surface area contributed by atoms with E-state index in [0.29, 0.717) is 0 Å². The quantitative estimate of drug-likeness (QED) is 0.472. The lowest BCUT2D eigenvalue weighted by atomic mass is 11.0. The average molecular weight is 136 g/mol. The summed E-state index contributed by atoms with van der Waals surface area (Å²) in [6.07, 6.45) is 1.81. The van der Waals surface area contributed by atoms with Crippen LogP contribution in [0.2, 0.25) is 0 Å². The standard InChI is InChI=1S/C4H9N3.ClH/c1-6-3-5-4-7(6)2;/h3H,4H2,1-2H3;1H. The minimum atomic E-state index is 0. The predicted molar refractivity (Wildman–Crippen MR) is 36.1 cm³/mol. The highest BCUT2D eigenvalue weighted by atomic mass is 35.5. The van der Waals surface area contributed by atoms with Crippen molar-refractivity contribution >= 4 is 18.7 Å². The molecule has 4 heteroatoms. The summed E-state index contributed by atoms with van der Waals surface area (Å²) in [6.45, 7) is 0.802. The van der Waals surface area contributed by atoms with E-state index in [-0.39, 0.29) is 12.4 Å². The molecule has 0 saturated carbocycles. The van der Waals surface area contributed by atoms with Crippen molar-refractivity contribution < 1.29 is 0 Å². The van der Waals surface area contributed by atoms with E-state index in [1.807, 2.05) is 24.1 Å². The van der Waals surface area contributed by atoms with Crippen molar-refractivity contribution in [2.24, 2.45) is 4.99 Å². The zero-order valence-corrected chi connectivity index (χ0v) is 5.85. The van der Waals surface area contributed by atoms with Gasteiger partial charge in [0.2, 0.25) is 0 Å². The van der Waals surface area contributed by atoms with Crippen molar-refractivity contribution in [1.82, 2.24) is 10.0 Å². The minimum absolute atomic E-state index is 0. The molecule has 0 saturated heterocycles. The summed E-state index contributed by atoms with van der Waals surface area (Å²) < 4.78 is 0. The molecule has 8 heavy (non-hydrogen) atoms. The van der Waals surface area contributed by atoms with Crippen LogP contribution in [-0.2, 0) is 0 Å². The van der Waals surface area contributed by atoms with Gasteiger partial charge in [0.1, 0.15) is 13.0 Å². The molecule has 3 nitrogen and oxygen atoms in total. The molecule has 1 aliphatic rings. The van der Waals surface area contributed by atoms with E-state index in [1.54, 1.807) is 6.34 Å². The van der Waals surface area contributed by atoms with Crippen LogP contribution in [0.25, 0.3) is 0 Å². The lowest BCUT2D eigenvalue weighted by Gasteiger charge is -2.16. The zero-order chi connectivity index (χ0) is 5.28. The van der Waals surface area contributed by atoms with Crippen LogP contribution in [0.5, 0.6) is 0 Å². The van der Waals surface area contributed by atoms with Crippen LogP contribution in [-0.4, -0.2) is 37.1 Å². The summed E-state index contributed by atoms with van der Waals surface area (Å²) in [5.74, 6) is 0. The first-order chi connectivity index (χ1) is 3.30. The monoisotopic (exact) mass is 135 g/mol. The number of hydrogen-bond donors (Lipinski definition) is 0. The lowest BCUT2D eigenvalue weighted by molar-refractivity contribution is 0.140. The third-order valence-electron chi connectivity index (χ3n) is 1.07. The van der Waals surface area contributed by atoms with Crippen molar-refractivity contribution in [3.05, 3.63) is 0 Å². The van der Waals surface area contributed by atoms with Gasteiger partial charge in [0, 0.05) is 14.1 Å². The van der Waals surface area contributed by atoms with E-state index in [9.17, 15) is 0 Å². The van der Waals surface area contributed by atoms with Gasteiger partial charge in [-0.1, -0.05) is 0 Å². The molecule has 0 aromatic carbocycles. The first kappa shape index (κ1) is 7.72. The molecule has 48 valence electrons. The lowest BCUT2D eigenvalue weighted by Crippen LogP contribution is -2.29. The highest BCUT2D eigenvalue weighted by Gasteiger charge is 2.03. The van der Waals surface area contributed by atoms with Gasteiger partial charge in [0.05, 0.1) is 0 Å². The SMILES string of the molecule is CN1C=NCN1C.Cl. The molecule has 0 fully saturated rings. The largest absolute Gasteiger partial charge is 0.298 e. The second-order valence-electron chi connectivity index (χ2n) is 1.67. The Bertz CT molecular complexity index is 93.3. The first-order valence-electron chi connectivity index (χ1n) is 2.24. The van der Waals surface area contributed by atoms with Crippen LogP contribution in [0.15, 0.2) is 4.99 Å². The molecule has 1 heterocycles. The van der Waals surface area contributed by atoms with Crippen LogP contribution in [0.1, 0.15) is 0 Å². The maximum Gasteiger partial charge on any atom is 0.110 e. The van der Waals surface area contributed by atoms with Crippen molar-refractivity contribution in [3.63, 3.8) is 0 Å². The van der Waals surface area contributed by atoms with Gasteiger partial charge in [-0.2, -0.15) is 0 Å². The highest BCUT2D eigenvalue weighted by molar-refractivity contribution is 5.85. The molecular formula is C4H10ClN3. The van der Waals surface area contributed by atoms with Gasteiger partial charge < -0.3 is 0 Å². The van der Waals surface area contributed by atoms with Crippen LogP contribution < -0.4 is 0 Å². The van der Waals surface area contributed by atoms with Crippen LogP contribution in [0, 0.1) is 0 Å². The van der Waals surface area contributed by atoms with Crippen molar-refractivity contribution in [2.45, 2.75) is 0 Å². The molecule has 0 aromatic heterocycles. The fourth-order valence-electron chi connectivity index (χ4n) is 0.461. The molecule has 1 aliphatic heterocycles. The first-order valence-corrected chi connectivity index (χ1v) is 2.24. The van der Waals surface area contributed by atoms with Crippen molar-refractivity contribution in [1.29, 1.82) is 0 Å². The second-order valence-corrected chi connectivity index (χ2v) is 1.67.